The molecule has 2 aromatic heterocycles. The fraction of sp³-hybridized carbons (Fsp3) is 0.304. The van der Waals surface area contributed by atoms with Crippen molar-refractivity contribution in [3.8, 4) is 6.07 Å². The van der Waals surface area contributed by atoms with Crippen LogP contribution in [0, 0.1) is 17.1 Å². The maximum Gasteiger partial charge on any atom is 0.266 e. The van der Waals surface area contributed by atoms with E-state index in [4.69, 9.17) is 0 Å². The van der Waals surface area contributed by atoms with E-state index in [-0.39, 0.29) is 47.1 Å². The van der Waals surface area contributed by atoms with Crippen molar-refractivity contribution in [2.45, 2.75) is 32.4 Å². The number of allylic oxidation sites excluding steroid dienone is 1. The maximum atomic E-state index is 14.7. The van der Waals surface area contributed by atoms with Gasteiger partial charge in [-0.05, 0) is 25.0 Å². The Labute approximate surface area is 198 Å². The Balaban J connectivity index is 1.84. The van der Waals surface area contributed by atoms with Crippen LogP contribution < -0.4 is 10.9 Å². The number of benzene rings is 1. The van der Waals surface area contributed by atoms with Crippen LogP contribution >= 0.6 is 0 Å². The zero-order chi connectivity index (χ0) is 25.3. The Kier molecular flexibility index (Phi) is 6.62. The van der Waals surface area contributed by atoms with E-state index in [9.17, 15) is 31.6 Å². The number of sulfone groups is 1. The maximum absolute atomic E-state index is 14.7. The first-order valence-corrected chi connectivity index (χ1v) is 12.4. The van der Waals surface area contributed by atoms with Crippen molar-refractivity contribution in [3.05, 3.63) is 69.5 Å². The number of fused-ring (bicyclic) bond motifs is 1. The molecule has 35 heavy (non-hydrogen) atoms. The summed E-state index contributed by atoms with van der Waals surface area (Å²) in [6, 6.07) is 6.37. The molecule has 8 nitrogen and oxygen atoms in total. The third-order valence-electron chi connectivity index (χ3n) is 5.84. The van der Waals surface area contributed by atoms with Crippen LogP contribution in [-0.2, 0) is 16.4 Å². The summed E-state index contributed by atoms with van der Waals surface area (Å²) in [6.07, 6.45) is -0.197. The van der Waals surface area contributed by atoms with Gasteiger partial charge in [-0.25, -0.2) is 31.6 Å². The molecule has 3 heterocycles. The van der Waals surface area contributed by atoms with Crippen LogP contribution in [0.2, 0.25) is 0 Å². The number of nitrogens with zero attached hydrogens (tertiary/aromatic N) is 4. The molecule has 0 spiro atoms. The number of pyridine rings is 1. The standard InChI is InChI=1S/C23H20F3N5O3S/c1-13(15-3-2-4-16(19(15)24)20(25)26)30-21-18-11-17(14-5-9-35(33,34)10-6-14)23(32)31(8-7-27)22(18)29-12-28-21/h2-5,11-13,20H,6,8-10H2,1H3,(H,28,29,30)/t13-/m1/s1. The molecule has 0 fully saturated rings. The highest BCUT2D eigenvalue weighted by atomic mass is 32.2. The number of alkyl halides is 2. The summed E-state index contributed by atoms with van der Waals surface area (Å²) in [5, 5.41) is 12.6. The SMILES string of the molecule is C[C@@H](Nc1ncnc2c1cc(C1=CCS(=O)(=O)CC1)c(=O)n2CC#N)c1cccc(C(F)F)c1F. The van der Waals surface area contributed by atoms with Crippen LogP contribution in [0.5, 0.6) is 0 Å². The monoisotopic (exact) mass is 503 g/mol. The number of nitriles is 1. The first-order chi connectivity index (χ1) is 16.6. The van der Waals surface area contributed by atoms with Crippen molar-refractivity contribution in [2.75, 3.05) is 16.8 Å². The zero-order valence-corrected chi connectivity index (χ0v) is 19.3. The molecule has 182 valence electrons. The molecule has 0 radical (unpaired) electrons. The van der Waals surface area contributed by atoms with Crippen molar-refractivity contribution in [2.24, 2.45) is 0 Å². The fourth-order valence-corrected chi connectivity index (χ4v) is 5.17. The van der Waals surface area contributed by atoms with Gasteiger partial charge in [0.1, 0.15) is 30.2 Å². The van der Waals surface area contributed by atoms with Gasteiger partial charge in [0, 0.05) is 11.1 Å². The van der Waals surface area contributed by atoms with Gasteiger partial charge >= 0.3 is 0 Å². The smallest absolute Gasteiger partial charge is 0.266 e. The summed E-state index contributed by atoms with van der Waals surface area (Å²) in [5.41, 5.74) is -0.335. The lowest BCUT2D eigenvalue weighted by Gasteiger charge is -2.20. The van der Waals surface area contributed by atoms with Crippen molar-refractivity contribution >= 4 is 32.3 Å². The topological polar surface area (TPSA) is 118 Å². The predicted octanol–water partition coefficient (Wildman–Crippen LogP) is 3.77. The van der Waals surface area contributed by atoms with Crippen molar-refractivity contribution in [1.82, 2.24) is 14.5 Å². The van der Waals surface area contributed by atoms with Crippen LogP contribution in [-0.4, -0.2) is 34.5 Å². The zero-order valence-electron chi connectivity index (χ0n) is 18.5. The lowest BCUT2D eigenvalue weighted by Crippen LogP contribution is -2.26. The van der Waals surface area contributed by atoms with Gasteiger partial charge in [0.25, 0.3) is 12.0 Å². The van der Waals surface area contributed by atoms with Crippen molar-refractivity contribution < 1.29 is 21.6 Å². The molecule has 0 amide bonds. The number of nitrogens with one attached hydrogen (secondary N) is 1. The molecule has 1 aliphatic heterocycles. The molecular weight excluding hydrogens is 483 g/mol. The summed E-state index contributed by atoms with van der Waals surface area (Å²) >= 11 is 0. The Hall–Kier alpha value is -3.72. The molecule has 12 heteroatoms. The first-order valence-electron chi connectivity index (χ1n) is 10.6. The van der Waals surface area contributed by atoms with Gasteiger partial charge in [-0.15, -0.1) is 0 Å². The third-order valence-corrected chi connectivity index (χ3v) is 7.34. The normalized spacial score (nSPS) is 16.1. The molecule has 1 atom stereocenters. The molecule has 0 unspecified atom stereocenters. The highest BCUT2D eigenvalue weighted by Gasteiger charge is 2.23. The van der Waals surface area contributed by atoms with Gasteiger partial charge < -0.3 is 5.32 Å². The van der Waals surface area contributed by atoms with Gasteiger partial charge in [-0.3, -0.25) is 9.36 Å². The second-order valence-electron chi connectivity index (χ2n) is 8.08. The van der Waals surface area contributed by atoms with E-state index in [0.717, 1.165) is 10.6 Å². The Morgan fingerprint density at radius 1 is 1.26 bits per heavy atom. The minimum absolute atomic E-state index is 0.000303. The van der Waals surface area contributed by atoms with Crippen LogP contribution in [0.25, 0.3) is 16.6 Å². The molecule has 3 aromatic rings. The number of hydrogen-bond donors (Lipinski definition) is 1. The Bertz CT molecular complexity index is 1540. The molecule has 1 aliphatic rings. The van der Waals surface area contributed by atoms with Gasteiger partial charge in [0.2, 0.25) is 0 Å². The molecule has 0 saturated carbocycles. The lowest BCUT2D eigenvalue weighted by molar-refractivity contribution is 0.146. The van der Waals surface area contributed by atoms with Crippen LogP contribution in [0.3, 0.4) is 0 Å². The molecule has 4 rings (SSSR count). The highest BCUT2D eigenvalue weighted by molar-refractivity contribution is 7.91. The van der Waals surface area contributed by atoms with Crippen LogP contribution in [0.4, 0.5) is 19.0 Å². The number of hydrogen-bond acceptors (Lipinski definition) is 7. The fourth-order valence-electron chi connectivity index (χ4n) is 4.02. The van der Waals surface area contributed by atoms with E-state index < -0.39 is 39.2 Å². The second kappa shape index (κ2) is 9.50. The average Bonchev–Trinajstić information content (AvgIpc) is 2.81. The molecule has 1 N–H and O–H groups in total. The van der Waals surface area contributed by atoms with Crippen LogP contribution in [0.1, 0.15) is 42.5 Å². The first kappa shape index (κ1) is 24.4. The summed E-state index contributed by atoms with van der Waals surface area (Å²) < 4.78 is 65.8. The Morgan fingerprint density at radius 3 is 2.66 bits per heavy atom. The summed E-state index contributed by atoms with van der Waals surface area (Å²) in [7, 11) is -3.23. The van der Waals surface area contributed by atoms with E-state index in [0.29, 0.717) is 11.0 Å². The van der Waals surface area contributed by atoms with Gasteiger partial charge in [0.05, 0.1) is 34.6 Å². The number of aromatic nitrogens is 3. The molecular formula is C23H20F3N5O3S. The lowest BCUT2D eigenvalue weighted by atomic mass is 10.0. The molecule has 0 aliphatic carbocycles. The van der Waals surface area contributed by atoms with E-state index in [2.05, 4.69) is 15.3 Å². The van der Waals surface area contributed by atoms with Gasteiger partial charge in [0.15, 0.2) is 9.84 Å². The number of rotatable bonds is 6. The minimum atomic E-state index is -3.23. The Morgan fingerprint density at radius 2 is 2.00 bits per heavy atom. The molecule has 0 saturated heterocycles. The molecule has 0 bridgehead atoms. The average molecular weight is 504 g/mol. The molecule has 1 aromatic carbocycles. The largest absolute Gasteiger partial charge is 0.363 e. The van der Waals surface area contributed by atoms with Crippen molar-refractivity contribution in [1.29, 1.82) is 5.26 Å². The van der Waals surface area contributed by atoms with Crippen molar-refractivity contribution in [3.63, 3.8) is 0 Å². The predicted molar refractivity (Wildman–Crippen MR) is 124 cm³/mol. The van der Waals surface area contributed by atoms with Gasteiger partial charge in [-0.2, -0.15) is 5.26 Å². The summed E-state index contributed by atoms with van der Waals surface area (Å²) in [6.45, 7) is 1.26. The second-order valence-corrected chi connectivity index (χ2v) is 10.3. The van der Waals surface area contributed by atoms with E-state index in [1.54, 1.807) is 6.92 Å². The number of anilines is 1. The summed E-state index contributed by atoms with van der Waals surface area (Å²) in [4.78, 5) is 21.5. The van der Waals surface area contributed by atoms with E-state index in [1.165, 1.54) is 30.6 Å². The quantitative estimate of drug-likeness (QED) is 0.544. The van der Waals surface area contributed by atoms with E-state index >= 15 is 0 Å². The highest BCUT2D eigenvalue weighted by Crippen LogP contribution is 2.31. The van der Waals surface area contributed by atoms with Gasteiger partial charge in [-0.1, -0.05) is 24.3 Å². The number of halogens is 3. The van der Waals surface area contributed by atoms with Crippen LogP contribution in [0.15, 0.2) is 41.5 Å². The summed E-state index contributed by atoms with van der Waals surface area (Å²) in [5.74, 6) is -1.15. The third kappa shape index (κ3) is 4.77. The van der Waals surface area contributed by atoms with E-state index in [1.807, 2.05) is 6.07 Å². The minimum Gasteiger partial charge on any atom is -0.363 e.